The van der Waals surface area contributed by atoms with E-state index in [1.54, 1.807) is 6.20 Å². The normalized spacial score (nSPS) is 22.3. The summed E-state index contributed by atoms with van der Waals surface area (Å²) in [5.41, 5.74) is 1.01. The minimum absolute atomic E-state index is 0.172. The fourth-order valence-corrected chi connectivity index (χ4v) is 1.68. The smallest absolute Gasteiger partial charge is 0.147 e. The molecule has 0 bridgehead atoms. The van der Waals surface area contributed by atoms with Crippen LogP contribution in [0.25, 0.3) is 0 Å². The van der Waals surface area contributed by atoms with Crippen LogP contribution in [0.1, 0.15) is 11.6 Å². The number of halogens is 2. The third-order valence-corrected chi connectivity index (χ3v) is 2.83. The number of pyridine rings is 1. The van der Waals surface area contributed by atoms with Crippen LogP contribution >= 0.6 is 23.2 Å². The molecule has 1 saturated heterocycles. The minimum Gasteiger partial charge on any atom is -0.378 e. The van der Waals surface area contributed by atoms with Crippen LogP contribution in [-0.4, -0.2) is 24.7 Å². The molecule has 0 aromatic carbocycles. The second-order valence-corrected chi connectivity index (χ2v) is 3.89. The fourth-order valence-electron chi connectivity index (χ4n) is 1.41. The van der Waals surface area contributed by atoms with Gasteiger partial charge >= 0.3 is 0 Å². The number of hydrogen-bond donors (Lipinski definition) is 1. The van der Waals surface area contributed by atoms with Gasteiger partial charge < -0.3 is 10.1 Å². The van der Waals surface area contributed by atoms with E-state index in [0.717, 1.165) is 18.7 Å². The highest BCUT2D eigenvalue weighted by Gasteiger charge is 2.16. The van der Waals surface area contributed by atoms with Crippen LogP contribution in [0.5, 0.6) is 0 Å². The van der Waals surface area contributed by atoms with Crippen molar-refractivity contribution in [3.63, 3.8) is 0 Å². The van der Waals surface area contributed by atoms with E-state index < -0.39 is 0 Å². The van der Waals surface area contributed by atoms with Gasteiger partial charge in [0.2, 0.25) is 0 Å². The third kappa shape index (κ3) is 2.17. The maximum absolute atomic E-state index is 5.87. The lowest BCUT2D eigenvalue weighted by Crippen LogP contribution is -2.34. The summed E-state index contributed by atoms with van der Waals surface area (Å²) >= 11 is 11.6. The molecule has 1 aromatic heterocycles. The van der Waals surface area contributed by atoms with Crippen molar-refractivity contribution in [1.82, 2.24) is 10.3 Å². The van der Waals surface area contributed by atoms with Gasteiger partial charge in [-0.25, -0.2) is 4.98 Å². The highest BCUT2D eigenvalue weighted by molar-refractivity contribution is 6.41. The zero-order valence-corrected chi connectivity index (χ0v) is 8.98. The van der Waals surface area contributed by atoms with Crippen LogP contribution in [0.3, 0.4) is 0 Å². The molecule has 2 heterocycles. The van der Waals surface area contributed by atoms with Crippen molar-refractivity contribution in [3.8, 4) is 0 Å². The SMILES string of the molecule is Clc1cc([C@@H]2COCCN2)cnc1Cl. The lowest BCUT2D eigenvalue weighted by molar-refractivity contribution is 0.0768. The van der Waals surface area contributed by atoms with Crippen LogP contribution in [0.4, 0.5) is 0 Å². The molecular formula is C9H10Cl2N2O. The van der Waals surface area contributed by atoms with E-state index in [1.807, 2.05) is 6.07 Å². The topological polar surface area (TPSA) is 34.1 Å². The Hall–Kier alpha value is -0.350. The first-order valence-corrected chi connectivity index (χ1v) is 5.15. The van der Waals surface area contributed by atoms with E-state index in [0.29, 0.717) is 16.8 Å². The molecule has 0 unspecified atom stereocenters. The number of morpholine rings is 1. The molecule has 1 aliphatic rings. The number of nitrogens with one attached hydrogen (secondary N) is 1. The van der Waals surface area contributed by atoms with Gasteiger partial charge in [0.15, 0.2) is 0 Å². The molecule has 1 atom stereocenters. The molecule has 0 amide bonds. The second kappa shape index (κ2) is 4.45. The monoisotopic (exact) mass is 232 g/mol. The molecular weight excluding hydrogens is 223 g/mol. The Bertz CT molecular complexity index is 327. The van der Waals surface area contributed by atoms with E-state index in [-0.39, 0.29) is 6.04 Å². The zero-order valence-electron chi connectivity index (χ0n) is 7.46. The van der Waals surface area contributed by atoms with Crippen LogP contribution in [0.15, 0.2) is 12.3 Å². The van der Waals surface area contributed by atoms with Gasteiger partial charge in [-0.05, 0) is 11.6 Å². The summed E-state index contributed by atoms with van der Waals surface area (Å²) in [6.45, 7) is 2.26. The molecule has 0 saturated carbocycles. The predicted molar refractivity (Wildman–Crippen MR) is 55.8 cm³/mol. The van der Waals surface area contributed by atoms with E-state index in [4.69, 9.17) is 27.9 Å². The Kier molecular flexibility index (Phi) is 3.23. The molecule has 1 fully saturated rings. The maximum atomic E-state index is 5.87. The summed E-state index contributed by atoms with van der Waals surface area (Å²) < 4.78 is 5.34. The molecule has 14 heavy (non-hydrogen) atoms. The summed E-state index contributed by atoms with van der Waals surface area (Å²) in [6, 6.07) is 1.99. The van der Waals surface area contributed by atoms with Gasteiger partial charge in [0.25, 0.3) is 0 Å². The Morgan fingerprint density at radius 3 is 3.00 bits per heavy atom. The molecule has 1 N–H and O–H groups in total. The van der Waals surface area contributed by atoms with Crippen molar-refractivity contribution in [3.05, 3.63) is 28.0 Å². The van der Waals surface area contributed by atoms with E-state index in [1.165, 1.54) is 0 Å². The minimum atomic E-state index is 0.172. The molecule has 0 aliphatic carbocycles. The zero-order chi connectivity index (χ0) is 9.97. The van der Waals surface area contributed by atoms with Crippen molar-refractivity contribution < 1.29 is 4.74 Å². The summed E-state index contributed by atoms with van der Waals surface area (Å²) in [4.78, 5) is 3.99. The van der Waals surface area contributed by atoms with Gasteiger partial charge in [-0.1, -0.05) is 23.2 Å². The Labute approximate surface area is 92.4 Å². The molecule has 76 valence electrons. The quantitative estimate of drug-likeness (QED) is 0.754. The largest absolute Gasteiger partial charge is 0.378 e. The first kappa shape index (κ1) is 10.2. The maximum Gasteiger partial charge on any atom is 0.147 e. The van der Waals surface area contributed by atoms with Crippen LogP contribution in [0, 0.1) is 0 Å². The van der Waals surface area contributed by atoms with Gasteiger partial charge in [0, 0.05) is 12.7 Å². The molecule has 0 radical (unpaired) electrons. The van der Waals surface area contributed by atoms with E-state index in [2.05, 4.69) is 10.3 Å². The van der Waals surface area contributed by atoms with Crippen molar-refractivity contribution in [1.29, 1.82) is 0 Å². The Morgan fingerprint density at radius 1 is 1.50 bits per heavy atom. The van der Waals surface area contributed by atoms with E-state index >= 15 is 0 Å². The molecule has 2 rings (SSSR count). The molecule has 0 spiro atoms. The Morgan fingerprint density at radius 2 is 2.36 bits per heavy atom. The number of ether oxygens (including phenoxy) is 1. The number of rotatable bonds is 1. The van der Waals surface area contributed by atoms with Gasteiger partial charge in [0.05, 0.1) is 24.3 Å². The van der Waals surface area contributed by atoms with Crippen LogP contribution in [0.2, 0.25) is 10.2 Å². The van der Waals surface area contributed by atoms with Crippen molar-refractivity contribution in [2.24, 2.45) is 0 Å². The van der Waals surface area contributed by atoms with Crippen LogP contribution < -0.4 is 5.32 Å². The summed E-state index contributed by atoms with van der Waals surface area (Å²) in [5.74, 6) is 0. The van der Waals surface area contributed by atoms with Crippen LogP contribution in [-0.2, 0) is 4.74 Å². The predicted octanol–water partition coefficient (Wildman–Crippen LogP) is 2.05. The average Bonchev–Trinajstić information content (AvgIpc) is 2.23. The summed E-state index contributed by atoms with van der Waals surface area (Å²) in [6.07, 6.45) is 1.72. The van der Waals surface area contributed by atoms with Crippen molar-refractivity contribution in [2.75, 3.05) is 19.8 Å². The summed E-state index contributed by atoms with van der Waals surface area (Å²) in [7, 11) is 0. The highest BCUT2D eigenvalue weighted by Crippen LogP contribution is 2.23. The lowest BCUT2D eigenvalue weighted by Gasteiger charge is -2.23. The molecule has 1 aliphatic heterocycles. The summed E-state index contributed by atoms with van der Waals surface area (Å²) in [5, 5.41) is 4.14. The number of hydrogen-bond acceptors (Lipinski definition) is 3. The van der Waals surface area contributed by atoms with Gasteiger partial charge in [-0.15, -0.1) is 0 Å². The van der Waals surface area contributed by atoms with Gasteiger partial charge in [-0.3, -0.25) is 0 Å². The first-order chi connectivity index (χ1) is 6.77. The van der Waals surface area contributed by atoms with E-state index in [9.17, 15) is 0 Å². The van der Waals surface area contributed by atoms with Crippen molar-refractivity contribution in [2.45, 2.75) is 6.04 Å². The first-order valence-electron chi connectivity index (χ1n) is 4.39. The average molecular weight is 233 g/mol. The fraction of sp³-hybridized carbons (Fsp3) is 0.444. The molecule has 1 aromatic rings. The van der Waals surface area contributed by atoms with Crippen molar-refractivity contribution >= 4 is 23.2 Å². The van der Waals surface area contributed by atoms with Gasteiger partial charge in [0.1, 0.15) is 5.15 Å². The number of aromatic nitrogens is 1. The number of nitrogens with zero attached hydrogens (tertiary/aromatic N) is 1. The Balaban J connectivity index is 2.18. The molecule has 3 nitrogen and oxygen atoms in total. The standard InChI is InChI=1S/C9H10Cl2N2O/c10-7-3-6(4-13-9(7)11)8-5-14-2-1-12-8/h3-4,8,12H,1-2,5H2/t8-/m0/s1. The van der Waals surface area contributed by atoms with Gasteiger partial charge in [-0.2, -0.15) is 0 Å². The highest BCUT2D eigenvalue weighted by atomic mass is 35.5. The lowest BCUT2D eigenvalue weighted by atomic mass is 10.1. The second-order valence-electron chi connectivity index (χ2n) is 3.12. The third-order valence-electron chi connectivity index (χ3n) is 2.14. The molecule has 5 heteroatoms.